The number of carbonyl (C=O) groups excluding carboxylic acids is 1. The normalized spacial score (nSPS) is 16.5. The van der Waals surface area contributed by atoms with E-state index in [4.69, 9.17) is 4.74 Å². The van der Waals surface area contributed by atoms with Crippen molar-refractivity contribution in [2.24, 2.45) is 0 Å². The largest absolute Gasteiger partial charge is 0.370 e. The average Bonchev–Trinajstić information content (AvgIpc) is 3.10. The Hall–Kier alpha value is -1.73. The van der Waals surface area contributed by atoms with Gasteiger partial charge in [0.05, 0.1) is 25.1 Å². The summed E-state index contributed by atoms with van der Waals surface area (Å²) in [6.07, 6.45) is 0. The third-order valence-electron chi connectivity index (χ3n) is 4.41. The van der Waals surface area contributed by atoms with Gasteiger partial charge in [0.2, 0.25) is 0 Å². The van der Waals surface area contributed by atoms with Crippen LogP contribution in [-0.2, 0) is 22.6 Å². The summed E-state index contributed by atoms with van der Waals surface area (Å²) < 4.78 is 5.40. The van der Waals surface area contributed by atoms with Gasteiger partial charge in [0.15, 0.2) is 6.54 Å². The highest BCUT2D eigenvalue weighted by molar-refractivity contribution is 7.09. The summed E-state index contributed by atoms with van der Waals surface area (Å²) in [6.45, 7) is 6.21. The number of carbonyl (C=O) groups is 1. The fraction of sp³-hybridized carbons (Fsp3) is 0.421. The Morgan fingerprint density at radius 1 is 1.24 bits per heavy atom. The maximum atomic E-state index is 12.2. The molecule has 0 aliphatic carbocycles. The molecule has 3 N–H and O–H groups in total. The molecule has 0 bridgehead atoms. The van der Waals surface area contributed by atoms with Crippen molar-refractivity contribution in [3.63, 3.8) is 0 Å². The minimum absolute atomic E-state index is 0.0561. The van der Waals surface area contributed by atoms with E-state index in [1.54, 1.807) is 16.2 Å². The molecular formula is C19H27N3O2S+2. The van der Waals surface area contributed by atoms with Crippen LogP contribution in [0, 0.1) is 0 Å². The topological polar surface area (TPSA) is 47.2 Å². The Bertz CT molecular complexity index is 652. The molecule has 25 heavy (non-hydrogen) atoms. The first-order valence-corrected chi connectivity index (χ1v) is 9.71. The molecule has 1 saturated heterocycles. The van der Waals surface area contributed by atoms with E-state index in [1.165, 1.54) is 15.3 Å². The molecule has 1 aromatic heterocycles. The maximum Gasteiger partial charge on any atom is 0.279 e. The van der Waals surface area contributed by atoms with Crippen LogP contribution in [0.2, 0.25) is 0 Å². The average molecular weight is 362 g/mol. The van der Waals surface area contributed by atoms with Crippen LogP contribution in [0.3, 0.4) is 0 Å². The van der Waals surface area contributed by atoms with Crippen molar-refractivity contribution in [2.75, 3.05) is 45.2 Å². The van der Waals surface area contributed by atoms with E-state index < -0.39 is 0 Å². The molecule has 1 amide bonds. The highest BCUT2D eigenvalue weighted by Crippen LogP contribution is 2.09. The second kappa shape index (κ2) is 9.10. The molecule has 2 heterocycles. The molecule has 1 aliphatic heterocycles. The van der Waals surface area contributed by atoms with Gasteiger partial charge in [-0.25, -0.2) is 0 Å². The smallest absolute Gasteiger partial charge is 0.279 e. The van der Waals surface area contributed by atoms with Crippen LogP contribution in [-0.4, -0.2) is 45.8 Å². The van der Waals surface area contributed by atoms with Gasteiger partial charge in [0.1, 0.15) is 26.2 Å². The predicted octanol–water partition coefficient (Wildman–Crippen LogP) is -0.183. The molecule has 3 rings (SSSR count). The monoisotopic (exact) mass is 361 g/mol. The molecule has 1 fully saturated rings. The van der Waals surface area contributed by atoms with Gasteiger partial charge < -0.3 is 19.9 Å². The number of rotatable bonds is 7. The molecule has 5 nitrogen and oxygen atoms in total. The number of hydrogen-bond acceptors (Lipinski definition) is 3. The fourth-order valence-corrected chi connectivity index (χ4v) is 3.90. The third kappa shape index (κ3) is 5.93. The molecular weight excluding hydrogens is 334 g/mol. The van der Waals surface area contributed by atoms with Crippen LogP contribution < -0.4 is 15.1 Å². The first-order valence-electron chi connectivity index (χ1n) is 8.83. The number of hydrogen-bond donors (Lipinski definition) is 3. The Morgan fingerprint density at radius 3 is 2.68 bits per heavy atom. The first kappa shape index (κ1) is 18.1. The standard InChI is InChI=1S/C19H25N3O2S/c1-21(14-18-3-2-12-25-18)15-19(23)20-17-6-4-16(5-7-17)13-22-8-10-24-11-9-22/h2-7,12H,8-11,13-15H2,1H3,(H,20,23)/p+2. The number of anilines is 1. The zero-order chi connectivity index (χ0) is 17.5. The molecule has 2 aromatic rings. The van der Waals surface area contributed by atoms with Crippen molar-refractivity contribution in [3.05, 3.63) is 52.2 Å². The number of likely N-dealkylation sites (N-methyl/N-ethyl adjacent to an activating group) is 1. The molecule has 1 aliphatic rings. The van der Waals surface area contributed by atoms with Gasteiger partial charge in [-0.15, -0.1) is 11.3 Å². The lowest BCUT2D eigenvalue weighted by atomic mass is 10.2. The zero-order valence-electron chi connectivity index (χ0n) is 14.7. The summed E-state index contributed by atoms with van der Waals surface area (Å²) in [5.74, 6) is 0.0561. The SMILES string of the molecule is C[NH+](CC(=O)Nc1ccc(C[NH+]2CCOCC2)cc1)Cc1cccs1. The maximum absolute atomic E-state index is 12.2. The minimum atomic E-state index is 0.0561. The summed E-state index contributed by atoms with van der Waals surface area (Å²) in [5, 5.41) is 5.07. The summed E-state index contributed by atoms with van der Waals surface area (Å²) >= 11 is 1.74. The van der Waals surface area contributed by atoms with Crippen LogP contribution >= 0.6 is 11.3 Å². The first-order chi connectivity index (χ1) is 12.2. The number of nitrogens with one attached hydrogen (secondary N) is 3. The highest BCUT2D eigenvalue weighted by atomic mass is 32.1. The number of benzene rings is 1. The highest BCUT2D eigenvalue weighted by Gasteiger charge is 2.14. The van der Waals surface area contributed by atoms with Gasteiger partial charge in [-0.3, -0.25) is 4.79 Å². The summed E-state index contributed by atoms with van der Waals surface area (Å²) in [4.78, 5) is 16.3. The lowest BCUT2D eigenvalue weighted by Crippen LogP contribution is -3.12. The second-order valence-electron chi connectivity index (χ2n) is 6.67. The molecule has 0 spiro atoms. The Morgan fingerprint density at radius 2 is 2.00 bits per heavy atom. The van der Waals surface area contributed by atoms with Gasteiger partial charge in [-0.2, -0.15) is 0 Å². The van der Waals surface area contributed by atoms with E-state index in [-0.39, 0.29) is 5.91 Å². The predicted molar refractivity (Wildman–Crippen MR) is 100 cm³/mol. The van der Waals surface area contributed by atoms with E-state index in [9.17, 15) is 4.79 Å². The zero-order valence-corrected chi connectivity index (χ0v) is 15.5. The summed E-state index contributed by atoms with van der Waals surface area (Å²) in [5.41, 5.74) is 2.17. The molecule has 0 saturated carbocycles. The second-order valence-corrected chi connectivity index (χ2v) is 7.71. The Balaban J connectivity index is 1.44. The number of ether oxygens (including phenoxy) is 1. The van der Waals surface area contributed by atoms with Crippen molar-refractivity contribution in [3.8, 4) is 0 Å². The Kier molecular flexibility index (Phi) is 6.58. The molecule has 1 unspecified atom stereocenters. The van der Waals surface area contributed by atoms with Crippen LogP contribution in [0.25, 0.3) is 0 Å². The number of quaternary nitrogens is 2. The Labute approximate surface area is 153 Å². The van der Waals surface area contributed by atoms with E-state index in [2.05, 4.69) is 28.9 Å². The third-order valence-corrected chi connectivity index (χ3v) is 5.29. The van der Waals surface area contributed by atoms with E-state index in [0.717, 1.165) is 45.1 Å². The lowest BCUT2D eigenvalue weighted by Gasteiger charge is -2.23. The van der Waals surface area contributed by atoms with Crippen molar-refractivity contribution in [1.82, 2.24) is 0 Å². The molecule has 1 aromatic carbocycles. The summed E-state index contributed by atoms with van der Waals surface area (Å²) in [6, 6.07) is 12.4. The van der Waals surface area contributed by atoms with Gasteiger partial charge in [0.25, 0.3) is 5.91 Å². The fourth-order valence-electron chi connectivity index (χ4n) is 3.08. The molecule has 6 heteroatoms. The van der Waals surface area contributed by atoms with Gasteiger partial charge >= 0.3 is 0 Å². The van der Waals surface area contributed by atoms with Crippen LogP contribution in [0.4, 0.5) is 5.69 Å². The van der Waals surface area contributed by atoms with Crippen molar-refractivity contribution in [2.45, 2.75) is 13.1 Å². The molecule has 134 valence electrons. The summed E-state index contributed by atoms with van der Waals surface area (Å²) in [7, 11) is 2.05. The number of amides is 1. The van der Waals surface area contributed by atoms with Crippen molar-refractivity contribution >= 4 is 22.9 Å². The van der Waals surface area contributed by atoms with Gasteiger partial charge in [0, 0.05) is 11.3 Å². The number of thiophene rings is 1. The molecule has 1 atom stereocenters. The van der Waals surface area contributed by atoms with Crippen molar-refractivity contribution in [1.29, 1.82) is 0 Å². The van der Waals surface area contributed by atoms with E-state index in [0.29, 0.717) is 6.54 Å². The van der Waals surface area contributed by atoms with Crippen LogP contribution in [0.5, 0.6) is 0 Å². The van der Waals surface area contributed by atoms with Gasteiger partial charge in [-0.05, 0) is 23.6 Å². The minimum Gasteiger partial charge on any atom is -0.370 e. The number of morpholine rings is 1. The van der Waals surface area contributed by atoms with Crippen LogP contribution in [0.1, 0.15) is 10.4 Å². The molecule has 0 radical (unpaired) electrons. The van der Waals surface area contributed by atoms with Crippen molar-refractivity contribution < 1.29 is 19.3 Å². The lowest BCUT2D eigenvalue weighted by molar-refractivity contribution is -0.921. The van der Waals surface area contributed by atoms with Crippen LogP contribution in [0.15, 0.2) is 41.8 Å². The van der Waals surface area contributed by atoms with E-state index >= 15 is 0 Å². The quantitative estimate of drug-likeness (QED) is 0.641. The van der Waals surface area contributed by atoms with Gasteiger partial charge in [-0.1, -0.05) is 18.2 Å². The van der Waals surface area contributed by atoms with E-state index in [1.807, 2.05) is 25.2 Å².